The van der Waals surface area contributed by atoms with Crippen LogP contribution in [0.25, 0.3) is 11.0 Å². The molecule has 0 aliphatic heterocycles. The summed E-state index contributed by atoms with van der Waals surface area (Å²) in [5.41, 5.74) is 0.959. The molecule has 0 aliphatic rings. The molecule has 0 saturated heterocycles. The van der Waals surface area contributed by atoms with Crippen LogP contribution in [0.3, 0.4) is 0 Å². The first kappa shape index (κ1) is 17.0. The van der Waals surface area contributed by atoms with Crippen LogP contribution in [0.5, 0.6) is 0 Å². The summed E-state index contributed by atoms with van der Waals surface area (Å²) in [6.45, 7) is 3.42. The number of fused-ring (bicyclic) bond motifs is 1. The van der Waals surface area contributed by atoms with Crippen LogP contribution in [0.2, 0.25) is 0 Å². The molecule has 0 spiro atoms. The predicted octanol–water partition coefficient (Wildman–Crippen LogP) is 4.83. The minimum absolute atomic E-state index is 0.216. The van der Waals surface area contributed by atoms with Crippen molar-refractivity contribution in [1.29, 1.82) is 0 Å². The summed E-state index contributed by atoms with van der Waals surface area (Å²) in [7, 11) is 0. The second kappa shape index (κ2) is 6.93. The van der Waals surface area contributed by atoms with Crippen LogP contribution >= 0.6 is 0 Å². The number of furan rings is 1. The van der Waals surface area contributed by atoms with Crippen LogP contribution in [0.15, 0.2) is 52.9 Å². The van der Waals surface area contributed by atoms with E-state index in [1.165, 1.54) is 6.07 Å². The fraction of sp³-hybridized carbons (Fsp3) is 0.211. The first-order valence-electron chi connectivity index (χ1n) is 7.94. The maximum atomic E-state index is 13.8. The van der Waals surface area contributed by atoms with Crippen LogP contribution in [-0.4, -0.2) is 6.03 Å². The topological polar surface area (TPSA) is 54.3 Å². The van der Waals surface area contributed by atoms with Gasteiger partial charge in [-0.15, -0.1) is 0 Å². The van der Waals surface area contributed by atoms with Gasteiger partial charge in [-0.2, -0.15) is 0 Å². The number of nitrogens with one attached hydrogen (secondary N) is 2. The van der Waals surface area contributed by atoms with Crippen molar-refractivity contribution in [1.82, 2.24) is 10.6 Å². The Kier molecular flexibility index (Phi) is 4.70. The van der Waals surface area contributed by atoms with Gasteiger partial charge in [-0.3, -0.25) is 0 Å². The largest absolute Gasteiger partial charge is 0.459 e. The van der Waals surface area contributed by atoms with Gasteiger partial charge in [0.2, 0.25) is 0 Å². The molecule has 0 bridgehead atoms. The normalized spacial score (nSPS) is 13.4. The number of halogens is 2. The van der Waals surface area contributed by atoms with Gasteiger partial charge < -0.3 is 15.1 Å². The summed E-state index contributed by atoms with van der Waals surface area (Å²) in [5, 5.41) is 6.34. The number of para-hydroxylation sites is 1. The highest BCUT2D eigenvalue weighted by atomic mass is 19.1. The van der Waals surface area contributed by atoms with Gasteiger partial charge in [0.1, 0.15) is 23.0 Å². The Balaban J connectivity index is 1.65. The fourth-order valence-corrected chi connectivity index (χ4v) is 2.65. The molecule has 1 heterocycles. The van der Waals surface area contributed by atoms with E-state index in [4.69, 9.17) is 4.42 Å². The first-order valence-corrected chi connectivity index (χ1v) is 7.94. The highest BCUT2D eigenvalue weighted by Crippen LogP contribution is 2.23. The number of hydrogen-bond acceptors (Lipinski definition) is 2. The van der Waals surface area contributed by atoms with E-state index in [9.17, 15) is 13.6 Å². The molecule has 25 heavy (non-hydrogen) atoms. The third kappa shape index (κ3) is 3.79. The third-order valence-electron chi connectivity index (χ3n) is 4.00. The number of benzene rings is 2. The number of rotatable bonds is 4. The van der Waals surface area contributed by atoms with Crippen molar-refractivity contribution >= 4 is 17.0 Å². The molecular formula is C19H18F2N2O2. The van der Waals surface area contributed by atoms with E-state index in [1.54, 1.807) is 13.8 Å². The molecule has 130 valence electrons. The second-order valence-corrected chi connectivity index (χ2v) is 5.91. The maximum Gasteiger partial charge on any atom is 0.315 e. The van der Waals surface area contributed by atoms with Crippen LogP contribution in [-0.2, 0) is 0 Å². The molecule has 3 aromatic rings. The molecule has 0 unspecified atom stereocenters. The Labute approximate surface area is 143 Å². The van der Waals surface area contributed by atoms with E-state index >= 15 is 0 Å². The molecule has 0 aliphatic carbocycles. The number of carbonyl (C=O) groups excluding carboxylic acids is 1. The highest BCUT2D eigenvalue weighted by molar-refractivity contribution is 5.78. The Morgan fingerprint density at radius 2 is 1.72 bits per heavy atom. The van der Waals surface area contributed by atoms with Gasteiger partial charge >= 0.3 is 6.03 Å². The first-order chi connectivity index (χ1) is 11.9. The van der Waals surface area contributed by atoms with E-state index in [0.29, 0.717) is 5.76 Å². The van der Waals surface area contributed by atoms with Gasteiger partial charge in [0.15, 0.2) is 0 Å². The average molecular weight is 344 g/mol. The van der Waals surface area contributed by atoms with Crippen LogP contribution < -0.4 is 10.6 Å². The minimum atomic E-state index is -0.696. The van der Waals surface area contributed by atoms with Crippen molar-refractivity contribution in [3.8, 4) is 0 Å². The van der Waals surface area contributed by atoms with Crippen molar-refractivity contribution in [2.75, 3.05) is 0 Å². The van der Waals surface area contributed by atoms with Crippen LogP contribution in [0.4, 0.5) is 13.6 Å². The van der Waals surface area contributed by atoms with Gasteiger partial charge in [0, 0.05) is 17.0 Å². The van der Waals surface area contributed by atoms with Crippen LogP contribution in [0.1, 0.15) is 37.3 Å². The molecule has 1 aromatic heterocycles. The van der Waals surface area contributed by atoms with Gasteiger partial charge in [0.05, 0.1) is 12.1 Å². The molecule has 6 heteroatoms. The molecule has 0 radical (unpaired) electrons. The Morgan fingerprint density at radius 3 is 2.44 bits per heavy atom. The SMILES string of the molecule is C[C@H](NC(=O)N[C@H](C)c1cc2ccccc2o1)c1ccc(F)cc1F. The van der Waals surface area contributed by atoms with Gasteiger partial charge in [0.25, 0.3) is 0 Å². The summed E-state index contributed by atoms with van der Waals surface area (Å²) in [5.74, 6) is -0.730. The molecule has 2 aromatic carbocycles. The Bertz CT molecular complexity index is 874. The van der Waals surface area contributed by atoms with Crippen molar-refractivity contribution < 1.29 is 18.0 Å². The summed E-state index contributed by atoms with van der Waals surface area (Å²) in [4.78, 5) is 12.1. The molecule has 0 saturated carbocycles. The number of amides is 2. The maximum absolute atomic E-state index is 13.8. The number of hydrogen-bond donors (Lipinski definition) is 2. The summed E-state index contributed by atoms with van der Waals surface area (Å²) in [6, 6.07) is 11.3. The molecular weight excluding hydrogens is 326 g/mol. The predicted molar refractivity (Wildman–Crippen MR) is 91.1 cm³/mol. The van der Waals surface area contributed by atoms with E-state index in [0.717, 1.165) is 23.1 Å². The molecule has 2 atom stereocenters. The van der Waals surface area contributed by atoms with Gasteiger partial charge in [-0.1, -0.05) is 24.3 Å². The van der Waals surface area contributed by atoms with Gasteiger partial charge in [-0.05, 0) is 32.0 Å². The molecule has 3 rings (SSSR count). The van der Waals surface area contributed by atoms with Crippen molar-refractivity contribution in [3.05, 3.63) is 71.5 Å². The molecule has 4 nitrogen and oxygen atoms in total. The van der Waals surface area contributed by atoms with E-state index < -0.39 is 23.7 Å². The fourth-order valence-electron chi connectivity index (χ4n) is 2.65. The Hall–Kier alpha value is -2.89. The van der Waals surface area contributed by atoms with E-state index in [1.807, 2.05) is 30.3 Å². The van der Waals surface area contributed by atoms with E-state index in [-0.39, 0.29) is 11.6 Å². The summed E-state index contributed by atoms with van der Waals surface area (Å²) < 4.78 is 32.4. The molecule has 2 N–H and O–H groups in total. The lowest BCUT2D eigenvalue weighted by Crippen LogP contribution is -2.38. The molecule has 0 fully saturated rings. The van der Waals surface area contributed by atoms with Crippen molar-refractivity contribution in [2.24, 2.45) is 0 Å². The average Bonchev–Trinajstić information content (AvgIpc) is 2.98. The van der Waals surface area contributed by atoms with Crippen LogP contribution in [0, 0.1) is 11.6 Å². The summed E-state index contributed by atoms with van der Waals surface area (Å²) in [6.07, 6.45) is 0. The van der Waals surface area contributed by atoms with Gasteiger partial charge in [-0.25, -0.2) is 13.6 Å². The molecule has 2 amide bonds. The zero-order valence-electron chi connectivity index (χ0n) is 13.8. The lowest BCUT2D eigenvalue weighted by atomic mass is 10.1. The van der Waals surface area contributed by atoms with Crippen molar-refractivity contribution in [3.63, 3.8) is 0 Å². The quantitative estimate of drug-likeness (QED) is 0.712. The van der Waals surface area contributed by atoms with Crippen molar-refractivity contribution in [2.45, 2.75) is 25.9 Å². The zero-order chi connectivity index (χ0) is 18.0. The minimum Gasteiger partial charge on any atom is -0.459 e. The zero-order valence-corrected chi connectivity index (χ0v) is 13.8. The summed E-state index contributed by atoms with van der Waals surface area (Å²) >= 11 is 0. The Morgan fingerprint density at radius 1 is 1.00 bits per heavy atom. The smallest absolute Gasteiger partial charge is 0.315 e. The standard InChI is InChI=1S/C19H18F2N2O2/c1-11(15-8-7-14(20)10-16(15)21)22-19(24)23-12(2)18-9-13-5-3-4-6-17(13)25-18/h3-12H,1-2H3,(H2,22,23,24)/t11-,12+/m0/s1. The number of urea groups is 1. The third-order valence-corrected chi connectivity index (χ3v) is 4.00. The lowest BCUT2D eigenvalue weighted by Gasteiger charge is -2.18. The lowest BCUT2D eigenvalue weighted by molar-refractivity contribution is 0.233. The second-order valence-electron chi connectivity index (χ2n) is 5.91. The number of carbonyl (C=O) groups is 1. The monoisotopic (exact) mass is 344 g/mol. The highest BCUT2D eigenvalue weighted by Gasteiger charge is 2.17. The van der Waals surface area contributed by atoms with E-state index in [2.05, 4.69) is 10.6 Å².